The molecule has 2 heteroatoms. The van der Waals surface area contributed by atoms with Crippen molar-refractivity contribution in [3.8, 4) is 0 Å². The van der Waals surface area contributed by atoms with E-state index in [1.54, 1.807) is 0 Å². The first-order chi connectivity index (χ1) is 6.34. The maximum atomic E-state index is 11.5. The minimum Gasteiger partial charge on any atom is -0.381 e. The molecule has 2 nitrogen and oxygen atoms in total. The zero-order chi connectivity index (χ0) is 11.2. The molecule has 0 aliphatic carbocycles. The predicted molar refractivity (Wildman–Crippen MR) is 59.4 cm³/mol. The molecule has 0 heterocycles. The van der Waals surface area contributed by atoms with Crippen molar-refractivity contribution in [2.75, 3.05) is 13.2 Å². The van der Waals surface area contributed by atoms with Gasteiger partial charge < -0.3 is 4.74 Å². The van der Waals surface area contributed by atoms with E-state index in [4.69, 9.17) is 4.74 Å². The standard InChI is InChI=1S/C12H24O2/c1-10(2)9-14-8-6-7-11(13)12(3,4)5/h10H,6-9H2,1-5H3. The summed E-state index contributed by atoms with van der Waals surface area (Å²) in [6.45, 7) is 11.6. The van der Waals surface area contributed by atoms with Crippen LogP contribution in [-0.4, -0.2) is 19.0 Å². The topological polar surface area (TPSA) is 26.3 Å². The molecule has 0 bridgehead atoms. The molecule has 0 atom stereocenters. The first kappa shape index (κ1) is 13.6. The number of carbonyl (C=O) groups excluding carboxylic acids is 1. The largest absolute Gasteiger partial charge is 0.381 e. The fourth-order valence-electron chi connectivity index (χ4n) is 1.03. The molecule has 0 saturated carbocycles. The Morgan fingerprint density at radius 2 is 1.86 bits per heavy atom. The minimum atomic E-state index is -0.196. The monoisotopic (exact) mass is 200 g/mol. The van der Waals surface area contributed by atoms with Crippen molar-refractivity contribution in [2.24, 2.45) is 11.3 Å². The van der Waals surface area contributed by atoms with E-state index in [2.05, 4.69) is 13.8 Å². The number of hydrogen-bond donors (Lipinski definition) is 0. The van der Waals surface area contributed by atoms with Crippen LogP contribution in [-0.2, 0) is 9.53 Å². The van der Waals surface area contributed by atoms with Gasteiger partial charge in [0.15, 0.2) is 0 Å². The SMILES string of the molecule is CC(C)COCCCC(=O)C(C)(C)C. The summed E-state index contributed by atoms with van der Waals surface area (Å²) in [6.07, 6.45) is 1.49. The second-order valence-electron chi connectivity index (χ2n) is 5.25. The molecule has 0 aliphatic heterocycles. The van der Waals surface area contributed by atoms with Gasteiger partial charge in [0.1, 0.15) is 5.78 Å². The van der Waals surface area contributed by atoms with Crippen LogP contribution in [0.4, 0.5) is 0 Å². The van der Waals surface area contributed by atoms with Crippen LogP contribution in [0.2, 0.25) is 0 Å². The number of ether oxygens (including phenoxy) is 1. The van der Waals surface area contributed by atoms with Crippen molar-refractivity contribution in [1.29, 1.82) is 0 Å². The highest BCUT2D eigenvalue weighted by atomic mass is 16.5. The number of rotatable bonds is 6. The van der Waals surface area contributed by atoms with E-state index < -0.39 is 0 Å². The van der Waals surface area contributed by atoms with Gasteiger partial charge in [-0.15, -0.1) is 0 Å². The summed E-state index contributed by atoms with van der Waals surface area (Å²) in [6, 6.07) is 0. The average Bonchev–Trinajstić information content (AvgIpc) is 2.01. The number of hydrogen-bond acceptors (Lipinski definition) is 2. The van der Waals surface area contributed by atoms with Crippen molar-refractivity contribution in [3.63, 3.8) is 0 Å². The molecule has 0 aromatic carbocycles. The van der Waals surface area contributed by atoms with Crippen LogP contribution in [0.25, 0.3) is 0 Å². The minimum absolute atomic E-state index is 0.196. The number of carbonyl (C=O) groups is 1. The smallest absolute Gasteiger partial charge is 0.138 e. The zero-order valence-corrected chi connectivity index (χ0v) is 10.2. The third kappa shape index (κ3) is 7.07. The van der Waals surface area contributed by atoms with Gasteiger partial charge in [-0.25, -0.2) is 0 Å². The maximum Gasteiger partial charge on any atom is 0.138 e. The highest BCUT2D eigenvalue weighted by molar-refractivity contribution is 5.83. The van der Waals surface area contributed by atoms with Crippen molar-refractivity contribution in [1.82, 2.24) is 0 Å². The summed E-state index contributed by atoms with van der Waals surface area (Å²) in [4.78, 5) is 11.5. The number of ketones is 1. The van der Waals surface area contributed by atoms with E-state index in [1.165, 1.54) is 0 Å². The normalized spacial score (nSPS) is 12.1. The van der Waals surface area contributed by atoms with Gasteiger partial charge in [-0.3, -0.25) is 4.79 Å². The van der Waals surface area contributed by atoms with E-state index in [-0.39, 0.29) is 5.41 Å². The van der Waals surface area contributed by atoms with Crippen molar-refractivity contribution in [2.45, 2.75) is 47.5 Å². The van der Waals surface area contributed by atoms with Gasteiger partial charge in [-0.05, 0) is 12.3 Å². The lowest BCUT2D eigenvalue weighted by molar-refractivity contribution is -0.126. The van der Waals surface area contributed by atoms with E-state index >= 15 is 0 Å². The van der Waals surface area contributed by atoms with Crippen LogP contribution < -0.4 is 0 Å². The highest BCUT2D eigenvalue weighted by Gasteiger charge is 2.19. The molecule has 0 N–H and O–H groups in total. The van der Waals surface area contributed by atoms with Crippen LogP contribution >= 0.6 is 0 Å². The Kier molecular flexibility index (Phi) is 6.01. The highest BCUT2D eigenvalue weighted by Crippen LogP contribution is 2.17. The first-order valence-electron chi connectivity index (χ1n) is 5.45. The van der Waals surface area contributed by atoms with Gasteiger partial charge >= 0.3 is 0 Å². The average molecular weight is 200 g/mol. The molecular formula is C12H24O2. The second-order valence-corrected chi connectivity index (χ2v) is 5.25. The molecule has 0 rings (SSSR count). The molecule has 0 aliphatic rings. The molecule has 14 heavy (non-hydrogen) atoms. The Hall–Kier alpha value is -0.370. The zero-order valence-electron chi connectivity index (χ0n) is 10.2. The number of Topliss-reactive ketones (excluding diaryl/α,β-unsaturated/α-hetero) is 1. The predicted octanol–water partition coefficient (Wildman–Crippen LogP) is 3.05. The van der Waals surface area contributed by atoms with Crippen LogP contribution in [0.1, 0.15) is 47.5 Å². The summed E-state index contributed by atoms with van der Waals surface area (Å²) in [5, 5.41) is 0. The van der Waals surface area contributed by atoms with Gasteiger partial charge in [0, 0.05) is 25.0 Å². The molecular weight excluding hydrogens is 176 g/mol. The Bertz CT molecular complexity index is 166. The van der Waals surface area contributed by atoms with Crippen LogP contribution in [0.15, 0.2) is 0 Å². The Morgan fingerprint density at radius 1 is 1.29 bits per heavy atom. The van der Waals surface area contributed by atoms with Gasteiger partial charge in [-0.1, -0.05) is 34.6 Å². The molecule has 0 amide bonds. The second kappa shape index (κ2) is 6.18. The Balaban J connectivity index is 3.42. The molecule has 0 spiro atoms. The van der Waals surface area contributed by atoms with Crippen molar-refractivity contribution in [3.05, 3.63) is 0 Å². The summed E-state index contributed by atoms with van der Waals surface area (Å²) >= 11 is 0. The van der Waals surface area contributed by atoms with E-state index in [1.807, 2.05) is 20.8 Å². The molecule has 0 unspecified atom stereocenters. The lowest BCUT2D eigenvalue weighted by Gasteiger charge is -2.16. The van der Waals surface area contributed by atoms with E-state index in [0.717, 1.165) is 13.0 Å². The fourth-order valence-corrected chi connectivity index (χ4v) is 1.03. The fraction of sp³-hybridized carbons (Fsp3) is 0.917. The Labute approximate surface area is 88.0 Å². The van der Waals surface area contributed by atoms with Crippen LogP contribution in [0, 0.1) is 11.3 Å². The molecule has 0 radical (unpaired) electrons. The Morgan fingerprint density at radius 3 is 2.29 bits per heavy atom. The van der Waals surface area contributed by atoms with Gasteiger partial charge in [0.05, 0.1) is 0 Å². The van der Waals surface area contributed by atoms with Crippen molar-refractivity contribution >= 4 is 5.78 Å². The molecule has 0 aromatic heterocycles. The summed E-state index contributed by atoms with van der Waals surface area (Å²) in [7, 11) is 0. The third-order valence-electron chi connectivity index (χ3n) is 1.98. The molecule has 0 saturated heterocycles. The molecule has 0 aromatic rings. The summed E-state index contributed by atoms with van der Waals surface area (Å²) in [5.74, 6) is 0.902. The van der Waals surface area contributed by atoms with Crippen LogP contribution in [0.3, 0.4) is 0 Å². The quantitative estimate of drug-likeness (QED) is 0.616. The molecule has 0 fully saturated rings. The van der Waals surface area contributed by atoms with Gasteiger partial charge in [0.2, 0.25) is 0 Å². The van der Waals surface area contributed by atoms with E-state index in [0.29, 0.717) is 24.7 Å². The lowest BCUT2D eigenvalue weighted by Crippen LogP contribution is -2.20. The van der Waals surface area contributed by atoms with E-state index in [9.17, 15) is 4.79 Å². The van der Waals surface area contributed by atoms with Crippen molar-refractivity contribution < 1.29 is 9.53 Å². The van der Waals surface area contributed by atoms with Gasteiger partial charge in [0.25, 0.3) is 0 Å². The summed E-state index contributed by atoms with van der Waals surface area (Å²) in [5.41, 5.74) is -0.196. The lowest BCUT2D eigenvalue weighted by atomic mass is 9.88. The summed E-state index contributed by atoms with van der Waals surface area (Å²) < 4.78 is 5.41. The van der Waals surface area contributed by atoms with Gasteiger partial charge in [-0.2, -0.15) is 0 Å². The molecule has 84 valence electrons. The maximum absolute atomic E-state index is 11.5. The third-order valence-corrected chi connectivity index (χ3v) is 1.98. The van der Waals surface area contributed by atoms with Crippen LogP contribution in [0.5, 0.6) is 0 Å². The first-order valence-corrected chi connectivity index (χ1v) is 5.45.